The van der Waals surface area contributed by atoms with E-state index < -0.39 is 0 Å². The monoisotopic (exact) mass is 224 g/mol. The van der Waals surface area contributed by atoms with Crippen LogP contribution in [0.4, 0.5) is 0 Å². The molecule has 1 aliphatic heterocycles. The summed E-state index contributed by atoms with van der Waals surface area (Å²) in [5.74, 6) is 0. The van der Waals surface area contributed by atoms with Crippen molar-refractivity contribution in [3.63, 3.8) is 0 Å². The highest BCUT2D eigenvalue weighted by Crippen LogP contribution is 2.39. The van der Waals surface area contributed by atoms with Crippen LogP contribution in [-0.4, -0.2) is 29.7 Å². The Kier molecular flexibility index (Phi) is 3.05. The smallest absolute Gasteiger partial charge is 0.0902 e. The van der Waals surface area contributed by atoms with Crippen LogP contribution in [0.25, 0.3) is 0 Å². The van der Waals surface area contributed by atoms with Gasteiger partial charge in [0.2, 0.25) is 0 Å². The Morgan fingerprint density at radius 1 is 1.40 bits per heavy atom. The number of hydrogen-bond donors (Lipinski definition) is 1. The van der Waals surface area contributed by atoms with Crippen molar-refractivity contribution >= 4 is 11.8 Å². The number of aryl methyl sites for hydroxylation is 2. The molecular formula is C12H16O2S. The highest BCUT2D eigenvalue weighted by molar-refractivity contribution is 8.00. The van der Waals surface area contributed by atoms with E-state index in [9.17, 15) is 5.11 Å². The first-order valence-corrected chi connectivity index (χ1v) is 5.92. The van der Waals surface area contributed by atoms with Gasteiger partial charge in [-0.1, -0.05) is 17.7 Å². The van der Waals surface area contributed by atoms with Gasteiger partial charge in [-0.05, 0) is 25.5 Å². The third-order valence-electron chi connectivity index (χ3n) is 2.69. The summed E-state index contributed by atoms with van der Waals surface area (Å²) in [6.45, 7) is 5.69. The van der Waals surface area contributed by atoms with E-state index in [0.717, 1.165) is 0 Å². The van der Waals surface area contributed by atoms with Crippen molar-refractivity contribution < 1.29 is 9.84 Å². The molecule has 1 aliphatic rings. The van der Waals surface area contributed by atoms with Gasteiger partial charge in [0.25, 0.3) is 0 Å². The lowest BCUT2D eigenvalue weighted by atomic mass is 10.1. The molecule has 0 amide bonds. The van der Waals surface area contributed by atoms with E-state index in [1.807, 2.05) is 0 Å². The molecule has 0 unspecified atom stereocenters. The predicted molar refractivity (Wildman–Crippen MR) is 62.4 cm³/mol. The molecule has 82 valence electrons. The number of ether oxygens (including phenoxy) is 1. The second-order valence-corrected chi connectivity index (χ2v) is 5.71. The van der Waals surface area contributed by atoms with Crippen LogP contribution in [0.3, 0.4) is 0 Å². The summed E-state index contributed by atoms with van der Waals surface area (Å²) in [7, 11) is 0. The number of benzene rings is 1. The molecule has 0 spiro atoms. The Morgan fingerprint density at radius 2 is 2.13 bits per heavy atom. The fraction of sp³-hybridized carbons (Fsp3) is 0.500. The average molecular weight is 224 g/mol. The van der Waals surface area contributed by atoms with Gasteiger partial charge >= 0.3 is 0 Å². The van der Waals surface area contributed by atoms with Crippen molar-refractivity contribution in [2.75, 3.05) is 19.8 Å². The Balaban J connectivity index is 2.19. The maximum atomic E-state index is 9.36. The molecule has 0 atom stereocenters. The van der Waals surface area contributed by atoms with E-state index in [2.05, 4.69) is 32.0 Å². The predicted octanol–water partition coefficient (Wildman–Crippen LogP) is 2.16. The number of aliphatic hydroxyl groups is 1. The zero-order chi connectivity index (χ0) is 10.9. The number of rotatable bonds is 3. The Bertz CT molecular complexity index is 353. The lowest BCUT2D eigenvalue weighted by molar-refractivity contribution is -0.0318. The fourth-order valence-corrected chi connectivity index (χ4v) is 2.85. The van der Waals surface area contributed by atoms with Crippen LogP contribution in [0, 0.1) is 13.8 Å². The molecule has 1 N–H and O–H groups in total. The molecule has 0 aromatic heterocycles. The third kappa shape index (κ3) is 2.19. The topological polar surface area (TPSA) is 29.5 Å². The number of thioether (sulfide) groups is 1. The molecule has 0 saturated carbocycles. The van der Waals surface area contributed by atoms with Gasteiger partial charge in [0.15, 0.2) is 0 Å². The van der Waals surface area contributed by atoms with Gasteiger partial charge < -0.3 is 9.84 Å². The Morgan fingerprint density at radius 3 is 2.67 bits per heavy atom. The SMILES string of the molecule is Cc1ccc(C)c(SC2(CO)COC2)c1. The Labute approximate surface area is 94.6 Å². The van der Waals surface area contributed by atoms with Gasteiger partial charge in [-0.3, -0.25) is 0 Å². The molecule has 0 bridgehead atoms. The van der Waals surface area contributed by atoms with Gasteiger partial charge in [0.05, 0.1) is 24.6 Å². The zero-order valence-electron chi connectivity index (χ0n) is 9.12. The van der Waals surface area contributed by atoms with E-state index in [1.165, 1.54) is 16.0 Å². The molecule has 1 saturated heterocycles. The first-order chi connectivity index (χ1) is 7.15. The molecule has 0 radical (unpaired) electrons. The van der Waals surface area contributed by atoms with E-state index in [4.69, 9.17) is 4.74 Å². The molecule has 2 rings (SSSR count). The van der Waals surface area contributed by atoms with Crippen molar-refractivity contribution in [1.29, 1.82) is 0 Å². The lowest BCUT2D eigenvalue weighted by Gasteiger charge is -2.39. The molecule has 15 heavy (non-hydrogen) atoms. The van der Waals surface area contributed by atoms with E-state index >= 15 is 0 Å². The third-order valence-corrected chi connectivity index (χ3v) is 4.15. The normalized spacial score (nSPS) is 18.6. The standard InChI is InChI=1S/C12H16O2S/c1-9-3-4-10(2)11(5-9)15-12(6-13)7-14-8-12/h3-5,13H,6-8H2,1-2H3. The average Bonchev–Trinajstić information content (AvgIpc) is 2.17. The van der Waals surface area contributed by atoms with Crippen LogP contribution in [0.15, 0.2) is 23.1 Å². The van der Waals surface area contributed by atoms with Crippen LogP contribution in [0.2, 0.25) is 0 Å². The molecule has 1 heterocycles. The quantitative estimate of drug-likeness (QED) is 0.853. The fourth-order valence-electron chi connectivity index (χ4n) is 1.56. The minimum absolute atomic E-state index is 0.0987. The van der Waals surface area contributed by atoms with E-state index in [1.54, 1.807) is 11.8 Å². The lowest BCUT2D eigenvalue weighted by Crippen LogP contribution is -2.49. The summed E-state index contributed by atoms with van der Waals surface area (Å²) >= 11 is 1.74. The summed E-state index contributed by atoms with van der Waals surface area (Å²) in [6.07, 6.45) is 0. The summed E-state index contributed by atoms with van der Waals surface area (Å²) in [4.78, 5) is 1.26. The van der Waals surface area contributed by atoms with E-state index in [-0.39, 0.29) is 11.4 Å². The Hall–Kier alpha value is -0.510. The van der Waals surface area contributed by atoms with Crippen LogP contribution in [0.5, 0.6) is 0 Å². The van der Waals surface area contributed by atoms with Gasteiger partial charge in [-0.25, -0.2) is 0 Å². The van der Waals surface area contributed by atoms with Gasteiger partial charge in [0.1, 0.15) is 0 Å². The first-order valence-electron chi connectivity index (χ1n) is 5.10. The van der Waals surface area contributed by atoms with Gasteiger partial charge in [-0.15, -0.1) is 11.8 Å². The van der Waals surface area contributed by atoms with Gasteiger partial charge in [0, 0.05) is 4.90 Å². The summed E-state index contributed by atoms with van der Waals surface area (Å²) in [5.41, 5.74) is 2.53. The minimum Gasteiger partial charge on any atom is -0.395 e. The van der Waals surface area contributed by atoms with Crippen molar-refractivity contribution in [2.24, 2.45) is 0 Å². The molecule has 0 aliphatic carbocycles. The molecule has 1 aromatic carbocycles. The highest BCUT2D eigenvalue weighted by atomic mass is 32.2. The zero-order valence-corrected chi connectivity index (χ0v) is 9.93. The number of aliphatic hydroxyl groups excluding tert-OH is 1. The molecule has 1 aromatic rings. The summed E-state index contributed by atoms with van der Waals surface area (Å²) in [5, 5.41) is 9.36. The summed E-state index contributed by atoms with van der Waals surface area (Å²) < 4.78 is 5.09. The molecular weight excluding hydrogens is 208 g/mol. The molecule has 3 heteroatoms. The first kappa shape index (κ1) is 11.0. The van der Waals surface area contributed by atoms with Crippen LogP contribution in [-0.2, 0) is 4.74 Å². The van der Waals surface area contributed by atoms with E-state index in [0.29, 0.717) is 13.2 Å². The molecule has 1 fully saturated rings. The van der Waals surface area contributed by atoms with Gasteiger partial charge in [-0.2, -0.15) is 0 Å². The van der Waals surface area contributed by atoms with Crippen LogP contribution >= 0.6 is 11.8 Å². The number of hydrogen-bond acceptors (Lipinski definition) is 3. The maximum Gasteiger partial charge on any atom is 0.0902 e. The van der Waals surface area contributed by atoms with Crippen LogP contribution in [0.1, 0.15) is 11.1 Å². The molecule has 2 nitrogen and oxygen atoms in total. The second kappa shape index (κ2) is 4.16. The summed E-state index contributed by atoms with van der Waals surface area (Å²) in [6, 6.07) is 6.42. The van der Waals surface area contributed by atoms with Crippen molar-refractivity contribution in [2.45, 2.75) is 23.5 Å². The minimum atomic E-state index is -0.0987. The highest BCUT2D eigenvalue weighted by Gasteiger charge is 2.39. The van der Waals surface area contributed by atoms with Crippen LogP contribution < -0.4 is 0 Å². The van der Waals surface area contributed by atoms with Crippen molar-refractivity contribution in [3.05, 3.63) is 29.3 Å². The van der Waals surface area contributed by atoms with Crippen molar-refractivity contribution in [1.82, 2.24) is 0 Å². The van der Waals surface area contributed by atoms with Crippen molar-refractivity contribution in [3.8, 4) is 0 Å². The largest absolute Gasteiger partial charge is 0.395 e. The maximum absolute atomic E-state index is 9.36. The second-order valence-electron chi connectivity index (χ2n) is 4.20.